The molecule has 0 saturated heterocycles. The monoisotopic (exact) mass is 328 g/mol. The third-order valence-corrected chi connectivity index (χ3v) is 4.62. The van der Waals surface area contributed by atoms with E-state index in [2.05, 4.69) is 15.5 Å². The molecule has 1 aromatic carbocycles. The minimum atomic E-state index is -0.885. The molecule has 0 atom stereocenters. The quantitative estimate of drug-likeness (QED) is 0.849. The number of hydrogen-bond acceptors (Lipinski definition) is 4. The van der Waals surface area contributed by atoms with Crippen LogP contribution in [0.4, 0.5) is 5.69 Å². The van der Waals surface area contributed by atoms with Crippen LogP contribution in [0.3, 0.4) is 0 Å². The Kier molecular flexibility index (Phi) is 4.33. The Hall–Kier alpha value is -2.70. The molecule has 0 radical (unpaired) electrons. The van der Waals surface area contributed by atoms with Gasteiger partial charge in [-0.25, -0.2) is 0 Å². The molecule has 7 nitrogen and oxygen atoms in total. The molecule has 1 aromatic heterocycles. The molecule has 0 bridgehead atoms. The van der Waals surface area contributed by atoms with Crippen LogP contribution in [0.25, 0.3) is 11.4 Å². The molecular weight excluding hydrogens is 308 g/mol. The van der Waals surface area contributed by atoms with Gasteiger partial charge in [0.25, 0.3) is 0 Å². The fourth-order valence-electron chi connectivity index (χ4n) is 3.03. The number of aryl methyl sites for hydroxylation is 1. The van der Waals surface area contributed by atoms with E-state index in [9.17, 15) is 14.7 Å². The number of hydrogen-bond donors (Lipinski definition) is 2. The van der Waals surface area contributed by atoms with Crippen LogP contribution >= 0.6 is 0 Å². The second-order valence-electron chi connectivity index (χ2n) is 6.19. The number of benzene rings is 1. The van der Waals surface area contributed by atoms with Gasteiger partial charge in [0.05, 0.1) is 5.41 Å². The van der Waals surface area contributed by atoms with E-state index in [4.69, 9.17) is 0 Å². The fourth-order valence-corrected chi connectivity index (χ4v) is 3.03. The van der Waals surface area contributed by atoms with Gasteiger partial charge in [0.15, 0.2) is 5.82 Å². The summed E-state index contributed by atoms with van der Waals surface area (Å²) in [6, 6.07) is 7.33. The van der Waals surface area contributed by atoms with Gasteiger partial charge in [-0.2, -0.15) is 0 Å². The second kappa shape index (κ2) is 6.43. The average Bonchev–Trinajstić information content (AvgIpc) is 2.99. The van der Waals surface area contributed by atoms with E-state index in [0.717, 1.165) is 24.4 Å². The summed E-state index contributed by atoms with van der Waals surface area (Å²) in [4.78, 5) is 23.6. The summed E-state index contributed by atoms with van der Waals surface area (Å²) >= 11 is 0. The molecule has 0 unspecified atom stereocenters. The number of aliphatic carboxylic acids is 1. The Labute approximate surface area is 139 Å². The number of carbonyl (C=O) groups is 2. The van der Waals surface area contributed by atoms with Crippen molar-refractivity contribution in [2.75, 3.05) is 5.32 Å². The Morgan fingerprint density at radius 3 is 2.79 bits per heavy atom. The van der Waals surface area contributed by atoms with Crippen molar-refractivity contribution in [2.45, 2.75) is 39.2 Å². The van der Waals surface area contributed by atoms with Crippen molar-refractivity contribution in [1.29, 1.82) is 0 Å². The zero-order chi connectivity index (χ0) is 17.2. The number of carboxylic acid groups (broad SMARTS) is 1. The molecule has 2 N–H and O–H groups in total. The largest absolute Gasteiger partial charge is 0.481 e. The summed E-state index contributed by atoms with van der Waals surface area (Å²) in [5, 5.41) is 20.1. The summed E-state index contributed by atoms with van der Waals surface area (Å²) in [5.74, 6) is -0.422. The third-order valence-electron chi connectivity index (χ3n) is 4.62. The maximum Gasteiger partial charge on any atom is 0.310 e. The number of rotatable bonds is 6. The molecule has 1 aliphatic carbocycles. The second-order valence-corrected chi connectivity index (χ2v) is 6.19. The fraction of sp³-hybridized carbons (Fsp3) is 0.412. The lowest BCUT2D eigenvalue weighted by Gasteiger charge is -2.36. The van der Waals surface area contributed by atoms with Gasteiger partial charge >= 0.3 is 5.97 Å². The lowest BCUT2D eigenvalue weighted by molar-refractivity contribution is -0.157. The van der Waals surface area contributed by atoms with Crippen LogP contribution in [0, 0.1) is 5.41 Å². The summed E-state index contributed by atoms with van der Waals surface area (Å²) in [6.07, 6.45) is 3.66. The molecule has 1 fully saturated rings. The molecule has 1 amide bonds. The number of amides is 1. The maximum absolute atomic E-state index is 12.2. The summed E-state index contributed by atoms with van der Waals surface area (Å²) < 4.78 is 1.91. The van der Waals surface area contributed by atoms with Crippen LogP contribution in [-0.4, -0.2) is 31.7 Å². The predicted molar refractivity (Wildman–Crippen MR) is 88.3 cm³/mol. The van der Waals surface area contributed by atoms with Gasteiger partial charge in [-0.3, -0.25) is 9.59 Å². The van der Waals surface area contributed by atoms with Gasteiger partial charge < -0.3 is 15.0 Å². The molecule has 3 rings (SSSR count). The standard InChI is InChI=1S/C17H20N4O3/c1-2-21-11-18-20-15(21)12-5-3-6-13(9-12)19-14(22)10-17(16(23)24)7-4-8-17/h3,5-6,9,11H,2,4,7-8,10H2,1H3,(H,19,22)(H,23,24). The van der Waals surface area contributed by atoms with E-state index in [-0.39, 0.29) is 12.3 Å². The van der Waals surface area contributed by atoms with Crippen molar-refractivity contribution < 1.29 is 14.7 Å². The predicted octanol–water partition coefficient (Wildman–Crippen LogP) is 2.55. The number of aromatic nitrogens is 3. The van der Waals surface area contributed by atoms with Crippen molar-refractivity contribution in [3.63, 3.8) is 0 Å². The first-order valence-corrected chi connectivity index (χ1v) is 8.05. The maximum atomic E-state index is 12.2. The zero-order valence-electron chi connectivity index (χ0n) is 13.5. The molecule has 0 aliphatic heterocycles. The summed E-state index contributed by atoms with van der Waals surface area (Å²) in [6.45, 7) is 2.75. The number of carbonyl (C=O) groups excluding carboxylic acids is 1. The van der Waals surface area contributed by atoms with E-state index in [1.807, 2.05) is 29.7 Å². The highest BCUT2D eigenvalue weighted by Crippen LogP contribution is 2.44. The van der Waals surface area contributed by atoms with E-state index in [1.54, 1.807) is 12.4 Å². The minimum absolute atomic E-state index is 0.0116. The van der Waals surface area contributed by atoms with Crippen LogP contribution < -0.4 is 5.32 Å². The number of carboxylic acids is 1. The summed E-state index contributed by atoms with van der Waals surface area (Å²) in [7, 11) is 0. The first-order chi connectivity index (χ1) is 11.5. The van der Waals surface area contributed by atoms with Crippen LogP contribution in [0.5, 0.6) is 0 Å². The molecule has 0 spiro atoms. The van der Waals surface area contributed by atoms with E-state index < -0.39 is 11.4 Å². The SMILES string of the molecule is CCn1cnnc1-c1cccc(NC(=O)CC2(C(=O)O)CCC2)c1. The van der Waals surface area contributed by atoms with Gasteiger partial charge in [-0.05, 0) is 31.9 Å². The molecule has 1 heterocycles. The van der Waals surface area contributed by atoms with Crippen LogP contribution in [0.1, 0.15) is 32.6 Å². The molecule has 1 saturated carbocycles. The van der Waals surface area contributed by atoms with Crippen molar-refractivity contribution in [1.82, 2.24) is 14.8 Å². The molecular formula is C17H20N4O3. The Morgan fingerprint density at radius 1 is 1.38 bits per heavy atom. The Balaban J connectivity index is 1.73. The van der Waals surface area contributed by atoms with Crippen LogP contribution in [0.2, 0.25) is 0 Å². The molecule has 1 aliphatic rings. The van der Waals surface area contributed by atoms with E-state index in [0.29, 0.717) is 18.5 Å². The van der Waals surface area contributed by atoms with Crippen LogP contribution in [0.15, 0.2) is 30.6 Å². The first-order valence-electron chi connectivity index (χ1n) is 8.05. The van der Waals surface area contributed by atoms with E-state index in [1.165, 1.54) is 0 Å². The van der Waals surface area contributed by atoms with Crippen molar-refractivity contribution in [2.24, 2.45) is 5.41 Å². The number of nitrogens with zero attached hydrogens (tertiary/aromatic N) is 3. The van der Waals surface area contributed by atoms with Gasteiger partial charge in [0.2, 0.25) is 5.91 Å². The molecule has 7 heteroatoms. The van der Waals surface area contributed by atoms with Gasteiger partial charge in [0, 0.05) is 24.2 Å². The minimum Gasteiger partial charge on any atom is -0.481 e. The highest BCUT2D eigenvalue weighted by Gasteiger charge is 2.45. The number of nitrogens with one attached hydrogen (secondary N) is 1. The Bertz CT molecular complexity index is 765. The normalized spacial score (nSPS) is 15.5. The topological polar surface area (TPSA) is 97.1 Å². The first kappa shape index (κ1) is 16.2. The van der Waals surface area contributed by atoms with Crippen molar-refractivity contribution in [3.8, 4) is 11.4 Å². The van der Waals surface area contributed by atoms with E-state index >= 15 is 0 Å². The van der Waals surface area contributed by atoms with Gasteiger partial charge in [-0.15, -0.1) is 10.2 Å². The van der Waals surface area contributed by atoms with Gasteiger partial charge in [0.1, 0.15) is 6.33 Å². The highest BCUT2D eigenvalue weighted by atomic mass is 16.4. The molecule has 2 aromatic rings. The summed E-state index contributed by atoms with van der Waals surface area (Å²) in [5.41, 5.74) is 0.594. The molecule has 24 heavy (non-hydrogen) atoms. The van der Waals surface area contributed by atoms with Crippen molar-refractivity contribution in [3.05, 3.63) is 30.6 Å². The zero-order valence-corrected chi connectivity index (χ0v) is 13.5. The average molecular weight is 328 g/mol. The smallest absolute Gasteiger partial charge is 0.310 e. The highest BCUT2D eigenvalue weighted by molar-refractivity contribution is 5.95. The number of anilines is 1. The lowest BCUT2D eigenvalue weighted by atomic mass is 9.66. The third kappa shape index (κ3) is 3.02. The Morgan fingerprint density at radius 2 is 2.17 bits per heavy atom. The van der Waals surface area contributed by atoms with Crippen molar-refractivity contribution >= 4 is 17.6 Å². The molecule has 126 valence electrons. The van der Waals surface area contributed by atoms with Gasteiger partial charge in [-0.1, -0.05) is 18.6 Å². The lowest BCUT2D eigenvalue weighted by Crippen LogP contribution is -2.41. The van der Waals surface area contributed by atoms with Crippen LogP contribution in [-0.2, 0) is 16.1 Å².